The van der Waals surface area contributed by atoms with Crippen LogP contribution in [0.4, 0.5) is 0 Å². The highest BCUT2D eigenvalue weighted by Gasteiger charge is 2.73. The average Bonchev–Trinajstić information content (AvgIpc) is 2.52. The molecule has 0 heteroatoms. The highest BCUT2D eigenvalue weighted by atomic mass is 14.8. The minimum absolute atomic E-state index is 0.542. The first-order chi connectivity index (χ1) is 10.5. The topological polar surface area (TPSA) is 0 Å². The van der Waals surface area contributed by atoms with E-state index in [1.807, 2.05) is 0 Å². The van der Waals surface area contributed by atoms with Crippen molar-refractivity contribution in [3.8, 4) is 0 Å². The summed E-state index contributed by atoms with van der Waals surface area (Å²) in [5.74, 6) is 5.32. The Morgan fingerprint density at radius 1 is 0.773 bits per heavy atom. The van der Waals surface area contributed by atoms with Crippen LogP contribution in [0.25, 0.3) is 0 Å². The molecule has 0 heterocycles. The molecule has 7 fully saturated rings. The maximum absolute atomic E-state index is 2.71. The van der Waals surface area contributed by atoms with Crippen molar-refractivity contribution < 1.29 is 0 Å². The fraction of sp³-hybridized carbons (Fsp3) is 0.727. The van der Waals surface area contributed by atoms with Gasteiger partial charge in [-0.25, -0.2) is 0 Å². The molecule has 0 N–H and O–H groups in total. The third-order valence-electron chi connectivity index (χ3n) is 9.34. The van der Waals surface area contributed by atoms with Gasteiger partial charge in [0.05, 0.1) is 0 Å². The van der Waals surface area contributed by atoms with Gasteiger partial charge in [0.25, 0.3) is 0 Å². The molecule has 1 aromatic rings. The Hall–Kier alpha value is -0.780. The summed E-state index contributed by atoms with van der Waals surface area (Å²) >= 11 is 0. The number of hydrogen-bond donors (Lipinski definition) is 0. The van der Waals surface area contributed by atoms with E-state index in [1.54, 1.807) is 24.8 Å². The Morgan fingerprint density at radius 3 is 2.05 bits per heavy atom. The van der Waals surface area contributed by atoms with Crippen molar-refractivity contribution in [3.05, 3.63) is 35.9 Å². The van der Waals surface area contributed by atoms with Crippen molar-refractivity contribution in [2.45, 2.75) is 57.8 Å². The molecule has 22 heavy (non-hydrogen) atoms. The monoisotopic (exact) mass is 292 g/mol. The quantitative estimate of drug-likeness (QED) is 0.647. The maximum atomic E-state index is 2.71. The summed E-state index contributed by atoms with van der Waals surface area (Å²) < 4.78 is 0. The van der Waals surface area contributed by atoms with Crippen LogP contribution in [0.15, 0.2) is 30.3 Å². The van der Waals surface area contributed by atoms with Crippen molar-refractivity contribution in [2.75, 3.05) is 0 Å². The van der Waals surface area contributed by atoms with Gasteiger partial charge >= 0.3 is 0 Å². The molecule has 8 rings (SSSR count). The molecule has 8 bridgehead atoms. The van der Waals surface area contributed by atoms with Crippen molar-refractivity contribution in [1.82, 2.24) is 0 Å². The second-order valence-corrected chi connectivity index (χ2v) is 10.4. The Labute approximate surface area is 134 Å². The van der Waals surface area contributed by atoms with Crippen molar-refractivity contribution in [3.63, 3.8) is 0 Å². The smallest absolute Gasteiger partial charge is 0.00359 e. The molecule has 0 spiro atoms. The second kappa shape index (κ2) is 3.50. The zero-order chi connectivity index (χ0) is 14.7. The van der Waals surface area contributed by atoms with Gasteiger partial charge in [-0.3, -0.25) is 0 Å². The minimum atomic E-state index is 0.542. The Morgan fingerprint density at radius 2 is 1.41 bits per heavy atom. The van der Waals surface area contributed by atoms with Gasteiger partial charge in [0.1, 0.15) is 0 Å². The molecule has 7 aliphatic carbocycles. The summed E-state index contributed by atoms with van der Waals surface area (Å²) in [4.78, 5) is 0. The highest BCUT2D eigenvalue weighted by Crippen LogP contribution is 2.80. The molecule has 0 aliphatic heterocycles. The summed E-state index contributed by atoms with van der Waals surface area (Å²) in [5, 5.41) is 0. The average molecular weight is 292 g/mol. The van der Waals surface area contributed by atoms with Gasteiger partial charge in [-0.15, -0.1) is 0 Å². The zero-order valence-electron chi connectivity index (χ0n) is 14.0. The Balaban J connectivity index is 1.52. The molecule has 0 nitrogen and oxygen atoms in total. The standard InChI is InChI=1S/C22H28/c1-20-8-15-16-9-22(14-6-4-3-5-7-14)10-17(15)19(12-20)21(2,13-22)18(16)11-20/h3-7,15-19H,8-13H2,1-2H3. The lowest BCUT2D eigenvalue weighted by atomic mass is 9.26. The number of benzene rings is 1. The SMILES string of the molecule is CC12CC3C4CC5(c6ccccc6)CC3C(C1)C(C)(C5)C4C2. The predicted molar refractivity (Wildman–Crippen MR) is 89.5 cm³/mol. The zero-order valence-corrected chi connectivity index (χ0v) is 14.0. The van der Waals surface area contributed by atoms with Gasteiger partial charge in [0.15, 0.2) is 0 Å². The van der Waals surface area contributed by atoms with E-state index >= 15 is 0 Å². The lowest BCUT2D eigenvalue weighted by Gasteiger charge is -2.78. The third kappa shape index (κ3) is 1.22. The van der Waals surface area contributed by atoms with Crippen molar-refractivity contribution >= 4 is 0 Å². The van der Waals surface area contributed by atoms with Crippen LogP contribution < -0.4 is 0 Å². The molecule has 1 aromatic carbocycles. The Kier molecular flexibility index (Phi) is 2.01. The maximum Gasteiger partial charge on any atom is -0.00359 e. The van der Waals surface area contributed by atoms with Crippen LogP contribution in [0.3, 0.4) is 0 Å². The highest BCUT2D eigenvalue weighted by molar-refractivity contribution is 5.34. The fourth-order valence-corrected chi connectivity index (χ4v) is 8.96. The van der Waals surface area contributed by atoms with E-state index in [-0.39, 0.29) is 0 Å². The summed E-state index contributed by atoms with van der Waals surface area (Å²) in [5.41, 5.74) is 3.60. The van der Waals surface area contributed by atoms with E-state index < -0.39 is 0 Å². The first-order valence-corrected chi connectivity index (χ1v) is 9.59. The molecule has 7 aliphatic rings. The van der Waals surface area contributed by atoms with Gasteiger partial charge in [0, 0.05) is 0 Å². The first kappa shape index (κ1) is 12.6. The van der Waals surface area contributed by atoms with E-state index in [1.165, 1.54) is 19.3 Å². The van der Waals surface area contributed by atoms with Gasteiger partial charge in [-0.05, 0) is 89.9 Å². The normalized spacial score (nSPS) is 60.2. The van der Waals surface area contributed by atoms with E-state index in [9.17, 15) is 0 Å². The van der Waals surface area contributed by atoms with E-state index in [0.717, 1.165) is 35.0 Å². The summed E-state index contributed by atoms with van der Waals surface area (Å²) in [6.45, 7) is 5.33. The van der Waals surface area contributed by atoms with Crippen LogP contribution in [-0.2, 0) is 5.41 Å². The van der Waals surface area contributed by atoms with Crippen molar-refractivity contribution in [2.24, 2.45) is 40.4 Å². The molecule has 7 saturated carbocycles. The van der Waals surface area contributed by atoms with Crippen molar-refractivity contribution in [1.29, 1.82) is 0 Å². The molecule has 116 valence electrons. The number of rotatable bonds is 1. The van der Waals surface area contributed by atoms with Gasteiger partial charge in [-0.2, -0.15) is 0 Å². The summed E-state index contributed by atoms with van der Waals surface area (Å²) in [6.07, 6.45) is 9.20. The van der Waals surface area contributed by atoms with Crippen LogP contribution in [-0.4, -0.2) is 0 Å². The van der Waals surface area contributed by atoms with E-state index in [0.29, 0.717) is 10.8 Å². The lowest BCUT2D eigenvalue weighted by molar-refractivity contribution is -0.277. The molecule has 0 amide bonds. The van der Waals surface area contributed by atoms with Crippen LogP contribution in [0.1, 0.15) is 57.9 Å². The largest absolute Gasteiger partial charge is 0.0622 e. The fourth-order valence-electron chi connectivity index (χ4n) is 8.96. The van der Waals surface area contributed by atoms with Crippen LogP contribution >= 0.6 is 0 Å². The van der Waals surface area contributed by atoms with Crippen LogP contribution in [0.2, 0.25) is 0 Å². The molecule has 0 aromatic heterocycles. The molecule has 0 radical (unpaired) electrons. The first-order valence-electron chi connectivity index (χ1n) is 9.59. The lowest BCUT2D eigenvalue weighted by Crippen LogP contribution is -2.72. The molecule has 4 atom stereocenters. The van der Waals surface area contributed by atoms with E-state index in [4.69, 9.17) is 0 Å². The second-order valence-electron chi connectivity index (χ2n) is 10.4. The number of hydrogen-bond acceptors (Lipinski definition) is 0. The van der Waals surface area contributed by atoms with Crippen LogP contribution in [0.5, 0.6) is 0 Å². The summed E-state index contributed by atoms with van der Waals surface area (Å²) in [7, 11) is 0. The summed E-state index contributed by atoms with van der Waals surface area (Å²) in [6, 6.07) is 11.6. The minimum Gasteiger partial charge on any atom is -0.0622 e. The molecule has 0 saturated heterocycles. The van der Waals surface area contributed by atoms with Crippen LogP contribution in [0, 0.1) is 40.4 Å². The van der Waals surface area contributed by atoms with Gasteiger partial charge < -0.3 is 0 Å². The molecule has 4 unspecified atom stereocenters. The third-order valence-corrected chi connectivity index (χ3v) is 9.34. The van der Waals surface area contributed by atoms with Gasteiger partial charge in [0.2, 0.25) is 0 Å². The molecular weight excluding hydrogens is 264 g/mol. The van der Waals surface area contributed by atoms with Gasteiger partial charge in [-0.1, -0.05) is 44.2 Å². The Bertz CT molecular complexity index is 617. The molecular formula is C22H28. The van der Waals surface area contributed by atoms with E-state index in [2.05, 4.69) is 44.2 Å². The predicted octanol–water partition coefficient (Wildman–Crippen LogP) is 5.43.